The molecule has 0 amide bonds. The van der Waals surface area contributed by atoms with Crippen LogP contribution in [-0.2, 0) is 35.4 Å². The van der Waals surface area contributed by atoms with Crippen molar-refractivity contribution in [3.05, 3.63) is 0 Å². The van der Waals surface area contributed by atoms with Crippen molar-refractivity contribution < 1.29 is 35.4 Å². The van der Waals surface area contributed by atoms with E-state index in [1.54, 1.807) is 14.2 Å². The maximum Gasteiger partial charge on any atom is 0.598 e. The summed E-state index contributed by atoms with van der Waals surface area (Å²) in [6.45, 7) is 17.5. The van der Waals surface area contributed by atoms with Crippen molar-refractivity contribution in [2.75, 3.05) is 60.4 Å². The van der Waals surface area contributed by atoms with Crippen LogP contribution in [0.5, 0.6) is 0 Å². The Bertz CT molecular complexity index is 310. The van der Waals surface area contributed by atoms with Gasteiger partial charge in [0, 0.05) is 53.9 Å². The van der Waals surface area contributed by atoms with E-state index in [1.807, 2.05) is 41.5 Å². The second-order valence-electron chi connectivity index (χ2n) is 5.85. The van der Waals surface area contributed by atoms with Crippen molar-refractivity contribution in [3.63, 3.8) is 0 Å². The predicted octanol–water partition coefficient (Wildman–Crippen LogP) is 2.46. The van der Waals surface area contributed by atoms with Crippen molar-refractivity contribution in [2.24, 2.45) is 0 Å². The first-order valence-electron chi connectivity index (χ1n) is 11.1. The van der Waals surface area contributed by atoms with Crippen LogP contribution in [0.2, 0.25) is 0 Å². The fraction of sp³-hybridized carbons (Fsp3) is 1.00. The minimum absolute atomic E-state index is 0.490. The molecule has 0 aliphatic heterocycles. The molecule has 0 aromatic rings. The van der Waals surface area contributed by atoms with E-state index < -0.39 is 27.9 Å². The van der Waals surface area contributed by atoms with Crippen LogP contribution < -0.4 is 0 Å². The summed E-state index contributed by atoms with van der Waals surface area (Å²) in [5.41, 5.74) is 0. The Morgan fingerprint density at radius 2 is 0.867 bits per heavy atom. The molecule has 0 spiro atoms. The Kier molecular flexibility index (Phi) is 22.9. The van der Waals surface area contributed by atoms with Gasteiger partial charge < -0.3 is 35.4 Å². The van der Waals surface area contributed by atoms with Gasteiger partial charge in [-0.1, -0.05) is 13.3 Å². The second kappa shape index (κ2) is 21.2. The van der Waals surface area contributed by atoms with Gasteiger partial charge in [-0.05, 0) is 54.5 Å². The summed E-state index contributed by atoms with van der Waals surface area (Å²) in [5, 5.41) is 0. The molecule has 0 radical (unpaired) electrons. The lowest BCUT2D eigenvalue weighted by atomic mass is 10.3. The van der Waals surface area contributed by atoms with Crippen LogP contribution in [0.3, 0.4) is 0 Å². The highest BCUT2D eigenvalue weighted by molar-refractivity contribution is 6.75. The molecule has 0 saturated carbocycles. The summed E-state index contributed by atoms with van der Waals surface area (Å²) in [5.74, 6) is 0. The summed E-state index contributed by atoms with van der Waals surface area (Å²) < 4.78 is 48.0. The lowest BCUT2D eigenvalue weighted by Gasteiger charge is -2.44. The monoisotopic (exact) mass is 489 g/mol. The van der Waals surface area contributed by atoms with Crippen molar-refractivity contribution >= 4 is 27.9 Å². The molecule has 0 saturated heterocycles. The molecule has 0 N–H and O–H groups in total. The van der Waals surface area contributed by atoms with Gasteiger partial charge in [-0.15, -0.1) is 0 Å². The zero-order valence-corrected chi connectivity index (χ0v) is 24.2. The molecule has 0 unspecified atom stereocenters. The van der Waals surface area contributed by atoms with Gasteiger partial charge in [0.1, 0.15) is 0 Å². The van der Waals surface area contributed by atoms with E-state index in [2.05, 4.69) is 20.0 Å². The molecular weight excluding hydrogens is 442 g/mol. The molecule has 0 atom stereocenters. The fourth-order valence-electron chi connectivity index (χ4n) is 2.69. The summed E-state index contributed by atoms with van der Waals surface area (Å²) >= 11 is 0. The SMILES string of the molecule is CCCCN([Si](OCC)(OCC)OCC)[Si](OCC)(OCC)OCC.CO[SiH2]OC. The summed E-state index contributed by atoms with van der Waals surface area (Å²) in [7, 11) is -3.65. The number of rotatable bonds is 19. The Balaban J connectivity index is 0. The number of hydrogen-bond donors (Lipinski definition) is 0. The largest absolute Gasteiger partial charge is 0.598 e. The van der Waals surface area contributed by atoms with E-state index in [9.17, 15) is 0 Å². The molecule has 0 aromatic heterocycles. The molecule has 0 bridgehead atoms. The third kappa shape index (κ3) is 11.8. The third-order valence-electron chi connectivity index (χ3n) is 3.59. The number of unbranched alkanes of at least 4 members (excludes halogenated alkanes) is 1. The molecule has 12 heteroatoms. The second-order valence-corrected chi connectivity index (χ2v) is 12.6. The van der Waals surface area contributed by atoms with Crippen LogP contribution in [0.1, 0.15) is 61.3 Å². The topological polar surface area (TPSA) is 77.1 Å². The van der Waals surface area contributed by atoms with E-state index in [4.69, 9.17) is 26.6 Å². The maximum atomic E-state index is 6.13. The lowest BCUT2D eigenvalue weighted by Crippen LogP contribution is -2.75. The third-order valence-corrected chi connectivity index (χ3v) is 11.4. The van der Waals surface area contributed by atoms with Gasteiger partial charge in [0.05, 0.1) is 0 Å². The first-order valence-corrected chi connectivity index (χ1v) is 15.6. The van der Waals surface area contributed by atoms with E-state index in [0.717, 1.165) is 12.8 Å². The van der Waals surface area contributed by atoms with Crippen LogP contribution in [0, 0.1) is 0 Å². The summed E-state index contributed by atoms with van der Waals surface area (Å²) in [6, 6.07) is 0. The molecule has 0 aromatic carbocycles. The first-order chi connectivity index (χ1) is 14.5. The van der Waals surface area contributed by atoms with Crippen molar-refractivity contribution in [3.8, 4) is 0 Å². The van der Waals surface area contributed by atoms with Gasteiger partial charge in [0.15, 0.2) is 0 Å². The van der Waals surface area contributed by atoms with Crippen LogP contribution in [0.15, 0.2) is 0 Å². The van der Waals surface area contributed by atoms with Gasteiger partial charge >= 0.3 is 27.9 Å². The molecular formula is C18H47NO8Si3. The minimum Gasteiger partial charge on any atom is -0.402 e. The molecule has 184 valence electrons. The zero-order chi connectivity index (χ0) is 23.3. The van der Waals surface area contributed by atoms with Crippen LogP contribution in [0.25, 0.3) is 0 Å². The number of hydrogen-bond acceptors (Lipinski definition) is 9. The molecule has 0 heterocycles. The summed E-state index contributed by atoms with van der Waals surface area (Å²) in [4.78, 5) is 0. The quantitative estimate of drug-likeness (QED) is 0.254. The Labute approximate surface area is 189 Å². The Morgan fingerprint density at radius 3 is 1.03 bits per heavy atom. The smallest absolute Gasteiger partial charge is 0.402 e. The average Bonchev–Trinajstić information content (AvgIpc) is 2.70. The van der Waals surface area contributed by atoms with E-state index in [0.29, 0.717) is 46.2 Å². The van der Waals surface area contributed by atoms with Crippen LogP contribution in [0.4, 0.5) is 0 Å². The van der Waals surface area contributed by atoms with Gasteiger partial charge in [0.25, 0.3) is 0 Å². The molecule has 0 aliphatic carbocycles. The van der Waals surface area contributed by atoms with Gasteiger partial charge in [0.2, 0.25) is 0 Å². The highest BCUT2D eigenvalue weighted by Crippen LogP contribution is 2.27. The van der Waals surface area contributed by atoms with Crippen LogP contribution >= 0.6 is 0 Å². The van der Waals surface area contributed by atoms with E-state index in [1.165, 1.54) is 0 Å². The van der Waals surface area contributed by atoms with Crippen molar-refractivity contribution in [2.45, 2.75) is 61.3 Å². The van der Waals surface area contributed by atoms with Gasteiger partial charge in [-0.2, -0.15) is 0 Å². The molecule has 0 rings (SSSR count). The molecule has 9 nitrogen and oxygen atoms in total. The van der Waals surface area contributed by atoms with Crippen LogP contribution in [-0.4, -0.2) is 92.6 Å². The summed E-state index contributed by atoms with van der Waals surface area (Å²) in [6.07, 6.45) is 1.98. The van der Waals surface area contributed by atoms with Gasteiger partial charge in [-0.3, -0.25) is 0 Å². The number of nitrogens with zero attached hydrogens (tertiary/aromatic N) is 1. The van der Waals surface area contributed by atoms with E-state index >= 15 is 0 Å². The average molecular weight is 490 g/mol. The molecule has 0 fully saturated rings. The minimum atomic E-state index is -3.19. The molecule has 0 aliphatic rings. The van der Waals surface area contributed by atoms with E-state index in [-0.39, 0.29) is 0 Å². The normalized spacial score (nSPS) is 12.2. The van der Waals surface area contributed by atoms with Crippen molar-refractivity contribution in [1.29, 1.82) is 0 Å². The highest BCUT2D eigenvalue weighted by Gasteiger charge is 2.63. The predicted molar refractivity (Wildman–Crippen MR) is 125 cm³/mol. The standard InChI is InChI=1S/C16H39NO6Si2.C2H8O2Si/c1-8-15-16-17(24(18-9-2,19-10-3)20-11-4)25(21-12-5,22-13-6)23-14-7;1-3-5-4-2/h8-16H2,1-7H3;5H2,1-2H3. The van der Waals surface area contributed by atoms with Gasteiger partial charge in [-0.25, -0.2) is 4.23 Å². The zero-order valence-electron chi connectivity index (χ0n) is 20.8. The Hall–Kier alpha value is 0.291. The molecule has 30 heavy (non-hydrogen) atoms. The lowest BCUT2D eigenvalue weighted by molar-refractivity contribution is -0.0193. The fourth-order valence-corrected chi connectivity index (χ4v) is 9.91. The Morgan fingerprint density at radius 1 is 0.567 bits per heavy atom. The van der Waals surface area contributed by atoms with Crippen molar-refractivity contribution in [1.82, 2.24) is 4.23 Å². The maximum absolute atomic E-state index is 6.13. The highest BCUT2D eigenvalue weighted by atomic mass is 28.5. The first kappa shape index (κ1) is 32.5.